The molecule has 0 atom stereocenters. The summed E-state index contributed by atoms with van der Waals surface area (Å²) in [6.07, 6.45) is 10.3. The van der Waals surface area contributed by atoms with Gasteiger partial charge in [-0.15, -0.1) is 0 Å². The third-order valence-electron chi connectivity index (χ3n) is 3.71. The van der Waals surface area contributed by atoms with Gasteiger partial charge in [0.25, 0.3) is 0 Å². The molecule has 0 spiro atoms. The Kier molecular flexibility index (Phi) is 11.3. The summed E-state index contributed by atoms with van der Waals surface area (Å²) in [6, 6.07) is 0. The average molecular weight is 329 g/mol. The van der Waals surface area contributed by atoms with Crippen LogP contribution >= 0.6 is 0 Å². The van der Waals surface area contributed by atoms with Gasteiger partial charge in [-0.3, -0.25) is 0 Å². The van der Waals surface area contributed by atoms with E-state index >= 15 is 0 Å². The monoisotopic (exact) mass is 328 g/mol. The fraction of sp³-hybridized carbons (Fsp3) is 0.947. The Morgan fingerprint density at radius 2 is 1.39 bits per heavy atom. The number of hydrogen-bond acceptors (Lipinski definition) is 3. The summed E-state index contributed by atoms with van der Waals surface area (Å²) in [5, 5.41) is 6.35. The third-order valence-corrected chi connectivity index (χ3v) is 3.71. The highest BCUT2D eigenvalue weighted by Gasteiger charge is 2.20. The van der Waals surface area contributed by atoms with Gasteiger partial charge in [0.1, 0.15) is 5.60 Å². The number of carbonyl (C=O) groups excluding carboxylic acids is 1. The van der Waals surface area contributed by atoms with E-state index in [9.17, 15) is 4.79 Å². The van der Waals surface area contributed by atoms with Crippen LogP contribution in [0.15, 0.2) is 0 Å². The number of rotatable bonds is 12. The van der Waals surface area contributed by atoms with E-state index < -0.39 is 5.60 Å². The number of ether oxygens (including phenoxy) is 1. The number of unbranched alkanes of at least 4 members (excludes halogenated alkanes) is 7. The second kappa shape index (κ2) is 11.7. The first-order valence-electron chi connectivity index (χ1n) is 9.38. The summed E-state index contributed by atoms with van der Waals surface area (Å²) >= 11 is 0. The van der Waals surface area contributed by atoms with Crippen LogP contribution in [0.2, 0.25) is 0 Å². The van der Waals surface area contributed by atoms with E-state index in [1.54, 1.807) is 0 Å². The molecule has 0 fully saturated rings. The zero-order valence-corrected chi connectivity index (χ0v) is 16.4. The molecule has 1 amide bonds. The highest BCUT2D eigenvalue weighted by Crippen LogP contribution is 2.09. The lowest BCUT2D eigenvalue weighted by atomic mass is 10.0. The average Bonchev–Trinajstić information content (AvgIpc) is 2.42. The maximum Gasteiger partial charge on any atom is 0.407 e. The number of amides is 1. The lowest BCUT2D eigenvalue weighted by Crippen LogP contribution is -2.50. The largest absolute Gasteiger partial charge is 0.444 e. The summed E-state index contributed by atoms with van der Waals surface area (Å²) in [4.78, 5) is 11.7. The molecule has 0 aliphatic carbocycles. The van der Waals surface area contributed by atoms with Crippen LogP contribution in [0.3, 0.4) is 0 Å². The molecule has 0 aliphatic heterocycles. The normalized spacial score (nSPS) is 12.3. The zero-order valence-electron chi connectivity index (χ0n) is 16.4. The van der Waals surface area contributed by atoms with Crippen LogP contribution in [-0.2, 0) is 4.74 Å². The second-order valence-electron chi connectivity index (χ2n) is 8.14. The predicted octanol–water partition coefficient (Wildman–Crippen LogP) is 5.02. The molecule has 138 valence electrons. The van der Waals surface area contributed by atoms with Crippen molar-refractivity contribution >= 4 is 6.09 Å². The summed E-state index contributed by atoms with van der Waals surface area (Å²) < 4.78 is 5.25. The maximum absolute atomic E-state index is 11.7. The predicted molar refractivity (Wildman–Crippen MR) is 98.9 cm³/mol. The van der Waals surface area contributed by atoms with Crippen molar-refractivity contribution in [3.05, 3.63) is 0 Å². The molecule has 0 saturated heterocycles. The van der Waals surface area contributed by atoms with Gasteiger partial charge in [-0.05, 0) is 47.6 Å². The van der Waals surface area contributed by atoms with Crippen LogP contribution in [0.1, 0.15) is 92.9 Å². The topological polar surface area (TPSA) is 50.4 Å². The van der Waals surface area contributed by atoms with Crippen LogP contribution < -0.4 is 10.6 Å². The Balaban J connectivity index is 3.62. The van der Waals surface area contributed by atoms with Gasteiger partial charge >= 0.3 is 6.09 Å². The molecular formula is C19H40N2O2. The molecule has 4 heteroatoms. The van der Waals surface area contributed by atoms with Crippen molar-refractivity contribution in [2.75, 3.05) is 13.1 Å². The summed E-state index contributed by atoms with van der Waals surface area (Å²) in [7, 11) is 0. The molecule has 0 aromatic carbocycles. The van der Waals surface area contributed by atoms with Crippen molar-refractivity contribution in [3.63, 3.8) is 0 Å². The first-order valence-corrected chi connectivity index (χ1v) is 9.38. The zero-order chi connectivity index (χ0) is 17.8. The van der Waals surface area contributed by atoms with Crippen molar-refractivity contribution in [3.8, 4) is 0 Å². The fourth-order valence-electron chi connectivity index (χ4n) is 2.36. The maximum atomic E-state index is 11.7. The number of hydrogen-bond donors (Lipinski definition) is 2. The Labute approximate surface area is 144 Å². The minimum atomic E-state index is -0.446. The number of carbonyl (C=O) groups is 1. The second-order valence-corrected chi connectivity index (χ2v) is 8.14. The smallest absolute Gasteiger partial charge is 0.407 e. The Morgan fingerprint density at radius 3 is 1.91 bits per heavy atom. The van der Waals surface area contributed by atoms with Gasteiger partial charge in [0, 0.05) is 12.1 Å². The molecule has 23 heavy (non-hydrogen) atoms. The number of nitrogens with one attached hydrogen (secondary N) is 2. The van der Waals surface area contributed by atoms with Crippen LogP contribution in [-0.4, -0.2) is 30.3 Å². The molecule has 0 rings (SSSR count). The van der Waals surface area contributed by atoms with Gasteiger partial charge < -0.3 is 15.4 Å². The van der Waals surface area contributed by atoms with E-state index in [1.165, 1.54) is 51.4 Å². The lowest BCUT2D eigenvalue weighted by molar-refractivity contribution is 0.0513. The Bertz CT molecular complexity index is 309. The van der Waals surface area contributed by atoms with E-state index in [2.05, 4.69) is 31.4 Å². The molecule has 0 heterocycles. The highest BCUT2D eigenvalue weighted by molar-refractivity contribution is 5.67. The van der Waals surface area contributed by atoms with Crippen molar-refractivity contribution in [1.82, 2.24) is 10.6 Å². The molecule has 0 saturated carbocycles. The van der Waals surface area contributed by atoms with Crippen LogP contribution in [0.5, 0.6) is 0 Å². The quantitative estimate of drug-likeness (QED) is 0.495. The van der Waals surface area contributed by atoms with Crippen LogP contribution in [0, 0.1) is 0 Å². The van der Waals surface area contributed by atoms with Gasteiger partial charge in [-0.2, -0.15) is 0 Å². The van der Waals surface area contributed by atoms with Gasteiger partial charge in [0.05, 0.1) is 0 Å². The molecule has 0 aromatic rings. The summed E-state index contributed by atoms with van der Waals surface area (Å²) in [5.41, 5.74) is -0.559. The molecule has 0 aliphatic rings. The summed E-state index contributed by atoms with van der Waals surface area (Å²) in [6.45, 7) is 13.7. The minimum absolute atomic E-state index is 0.113. The molecule has 0 radical (unpaired) electrons. The van der Waals surface area contributed by atoms with Crippen LogP contribution in [0.25, 0.3) is 0 Å². The molecule has 0 aromatic heterocycles. The molecule has 2 N–H and O–H groups in total. The Hall–Kier alpha value is -0.770. The van der Waals surface area contributed by atoms with Crippen molar-refractivity contribution < 1.29 is 9.53 Å². The van der Waals surface area contributed by atoms with Gasteiger partial charge in [-0.25, -0.2) is 4.79 Å². The molecular weight excluding hydrogens is 288 g/mol. The van der Waals surface area contributed by atoms with Gasteiger partial charge in [0.15, 0.2) is 0 Å². The molecule has 0 unspecified atom stereocenters. The van der Waals surface area contributed by atoms with Crippen molar-refractivity contribution in [2.24, 2.45) is 0 Å². The van der Waals surface area contributed by atoms with Gasteiger partial charge in [-0.1, -0.05) is 51.9 Å². The van der Waals surface area contributed by atoms with Crippen LogP contribution in [0.4, 0.5) is 4.79 Å². The Morgan fingerprint density at radius 1 is 0.870 bits per heavy atom. The number of alkyl carbamates (subject to hydrolysis) is 1. The van der Waals surface area contributed by atoms with E-state index in [0.29, 0.717) is 6.54 Å². The first-order chi connectivity index (χ1) is 10.7. The first kappa shape index (κ1) is 22.2. The highest BCUT2D eigenvalue weighted by atomic mass is 16.6. The van der Waals surface area contributed by atoms with Crippen molar-refractivity contribution in [2.45, 2.75) is 104 Å². The standard InChI is InChI=1S/C19H40N2O2/c1-7-8-9-10-11-12-13-14-15-21-19(5,6)16-20-17(22)23-18(2,3)4/h21H,7-16H2,1-6H3,(H,20,22). The fourth-order valence-corrected chi connectivity index (χ4v) is 2.36. The van der Waals surface area contributed by atoms with E-state index in [0.717, 1.165) is 6.54 Å². The van der Waals surface area contributed by atoms with E-state index in [-0.39, 0.29) is 11.6 Å². The molecule has 0 bridgehead atoms. The van der Waals surface area contributed by atoms with E-state index in [1.807, 2.05) is 20.8 Å². The molecule has 4 nitrogen and oxygen atoms in total. The lowest BCUT2D eigenvalue weighted by Gasteiger charge is -2.28. The van der Waals surface area contributed by atoms with Crippen molar-refractivity contribution in [1.29, 1.82) is 0 Å². The third kappa shape index (κ3) is 15.9. The SMILES string of the molecule is CCCCCCCCCCNC(C)(C)CNC(=O)OC(C)(C)C. The van der Waals surface area contributed by atoms with E-state index in [4.69, 9.17) is 4.74 Å². The summed E-state index contributed by atoms with van der Waals surface area (Å²) in [5.74, 6) is 0. The minimum Gasteiger partial charge on any atom is -0.444 e. The van der Waals surface area contributed by atoms with Gasteiger partial charge in [0.2, 0.25) is 0 Å².